The molecule has 4 nitrogen and oxygen atoms in total. The van der Waals surface area contributed by atoms with E-state index in [1.165, 1.54) is 12.8 Å². The number of nitrogens with one attached hydrogen (secondary N) is 1. The highest BCUT2D eigenvalue weighted by atomic mass is 19.4. The molecule has 3 rings (SSSR count). The van der Waals surface area contributed by atoms with Gasteiger partial charge in [0.15, 0.2) is 0 Å². The van der Waals surface area contributed by atoms with Gasteiger partial charge in [0, 0.05) is 43.6 Å². The first-order valence-corrected chi connectivity index (χ1v) is 7.38. The van der Waals surface area contributed by atoms with Gasteiger partial charge in [-0.3, -0.25) is 0 Å². The summed E-state index contributed by atoms with van der Waals surface area (Å²) in [6.07, 6.45) is 2.14. The number of anilines is 1. The normalized spacial score (nSPS) is 20.8. The molecule has 0 amide bonds. The van der Waals surface area contributed by atoms with E-state index in [9.17, 15) is 13.2 Å². The zero-order chi connectivity index (χ0) is 14.9. The SMILES string of the molecule is FC(F)(F)C1CCN(c2ncc(CNC3CC3)cn2)CC1. The summed E-state index contributed by atoms with van der Waals surface area (Å²) in [5, 5.41) is 3.38. The average Bonchev–Trinajstić information content (AvgIpc) is 3.29. The number of nitrogens with zero attached hydrogens (tertiary/aromatic N) is 3. The van der Waals surface area contributed by atoms with Crippen LogP contribution in [0.4, 0.5) is 19.1 Å². The summed E-state index contributed by atoms with van der Waals surface area (Å²) in [5.41, 5.74) is 1.01. The lowest BCUT2D eigenvalue weighted by atomic mass is 9.96. The van der Waals surface area contributed by atoms with Crippen molar-refractivity contribution >= 4 is 5.95 Å². The Hall–Kier alpha value is -1.37. The van der Waals surface area contributed by atoms with Crippen molar-refractivity contribution in [3.63, 3.8) is 0 Å². The number of rotatable bonds is 4. The number of aromatic nitrogens is 2. The van der Waals surface area contributed by atoms with E-state index in [-0.39, 0.29) is 12.8 Å². The molecule has 2 heterocycles. The Bertz CT molecular complexity index is 462. The Morgan fingerprint density at radius 3 is 2.24 bits per heavy atom. The first-order chi connectivity index (χ1) is 10.0. The van der Waals surface area contributed by atoms with E-state index in [1.54, 1.807) is 12.4 Å². The number of halogens is 3. The van der Waals surface area contributed by atoms with Crippen molar-refractivity contribution in [2.45, 2.75) is 44.4 Å². The molecule has 1 saturated carbocycles. The fourth-order valence-electron chi connectivity index (χ4n) is 2.56. The molecular formula is C14H19F3N4. The van der Waals surface area contributed by atoms with Gasteiger partial charge < -0.3 is 10.2 Å². The van der Waals surface area contributed by atoms with Crippen LogP contribution in [0.3, 0.4) is 0 Å². The van der Waals surface area contributed by atoms with Gasteiger partial charge >= 0.3 is 6.18 Å². The smallest absolute Gasteiger partial charge is 0.341 e. The zero-order valence-corrected chi connectivity index (χ0v) is 11.7. The quantitative estimate of drug-likeness (QED) is 0.927. The van der Waals surface area contributed by atoms with Gasteiger partial charge in [-0.1, -0.05) is 0 Å². The molecule has 1 aromatic rings. The molecule has 0 radical (unpaired) electrons. The van der Waals surface area contributed by atoms with Crippen LogP contribution in [-0.2, 0) is 6.54 Å². The summed E-state index contributed by atoms with van der Waals surface area (Å²) >= 11 is 0. The van der Waals surface area contributed by atoms with E-state index in [2.05, 4.69) is 15.3 Å². The van der Waals surface area contributed by atoms with Gasteiger partial charge in [-0.05, 0) is 25.7 Å². The maximum atomic E-state index is 12.6. The van der Waals surface area contributed by atoms with E-state index in [0.717, 1.165) is 12.1 Å². The van der Waals surface area contributed by atoms with Crippen molar-refractivity contribution in [2.24, 2.45) is 5.92 Å². The van der Waals surface area contributed by atoms with Gasteiger partial charge in [0.2, 0.25) is 5.95 Å². The van der Waals surface area contributed by atoms with Crippen molar-refractivity contribution in [1.82, 2.24) is 15.3 Å². The summed E-state index contributed by atoms with van der Waals surface area (Å²) in [6.45, 7) is 1.48. The summed E-state index contributed by atoms with van der Waals surface area (Å²) in [7, 11) is 0. The fourth-order valence-corrected chi connectivity index (χ4v) is 2.56. The molecule has 1 aliphatic heterocycles. The minimum absolute atomic E-state index is 0.123. The third kappa shape index (κ3) is 3.84. The number of hydrogen-bond acceptors (Lipinski definition) is 4. The molecular weight excluding hydrogens is 281 g/mol. The van der Waals surface area contributed by atoms with Crippen molar-refractivity contribution in [2.75, 3.05) is 18.0 Å². The molecule has 1 aromatic heterocycles. The van der Waals surface area contributed by atoms with Crippen LogP contribution >= 0.6 is 0 Å². The molecule has 1 N–H and O–H groups in total. The highest BCUT2D eigenvalue weighted by Crippen LogP contribution is 2.34. The predicted octanol–water partition coefficient (Wildman–Crippen LogP) is 2.51. The maximum Gasteiger partial charge on any atom is 0.391 e. The molecule has 0 atom stereocenters. The van der Waals surface area contributed by atoms with E-state index in [4.69, 9.17) is 0 Å². The van der Waals surface area contributed by atoms with Gasteiger partial charge in [0.05, 0.1) is 5.92 Å². The Kier molecular flexibility index (Phi) is 4.01. The Labute approximate surface area is 121 Å². The average molecular weight is 300 g/mol. The van der Waals surface area contributed by atoms with Crippen LogP contribution in [0.2, 0.25) is 0 Å². The zero-order valence-electron chi connectivity index (χ0n) is 11.7. The largest absolute Gasteiger partial charge is 0.391 e. The highest BCUT2D eigenvalue weighted by Gasteiger charge is 2.41. The molecule has 0 aromatic carbocycles. The highest BCUT2D eigenvalue weighted by molar-refractivity contribution is 5.30. The van der Waals surface area contributed by atoms with E-state index >= 15 is 0 Å². The maximum absolute atomic E-state index is 12.6. The van der Waals surface area contributed by atoms with Crippen LogP contribution in [0.1, 0.15) is 31.2 Å². The van der Waals surface area contributed by atoms with Crippen molar-refractivity contribution in [3.05, 3.63) is 18.0 Å². The molecule has 1 aliphatic carbocycles. The predicted molar refractivity (Wildman–Crippen MR) is 72.9 cm³/mol. The summed E-state index contributed by atoms with van der Waals surface area (Å²) < 4.78 is 37.9. The monoisotopic (exact) mass is 300 g/mol. The first-order valence-electron chi connectivity index (χ1n) is 7.38. The van der Waals surface area contributed by atoms with Crippen LogP contribution in [-0.4, -0.2) is 35.3 Å². The summed E-state index contributed by atoms with van der Waals surface area (Å²) in [4.78, 5) is 10.4. The second kappa shape index (κ2) is 5.79. The molecule has 116 valence electrons. The topological polar surface area (TPSA) is 41.1 Å². The molecule has 2 fully saturated rings. The van der Waals surface area contributed by atoms with Crippen molar-refractivity contribution in [1.29, 1.82) is 0 Å². The van der Waals surface area contributed by atoms with Gasteiger partial charge in [-0.15, -0.1) is 0 Å². The third-order valence-corrected chi connectivity index (χ3v) is 4.10. The van der Waals surface area contributed by atoms with Crippen LogP contribution in [0, 0.1) is 5.92 Å². The van der Waals surface area contributed by atoms with E-state index in [0.29, 0.717) is 25.1 Å². The van der Waals surface area contributed by atoms with Crippen LogP contribution in [0.25, 0.3) is 0 Å². The molecule has 21 heavy (non-hydrogen) atoms. The molecule has 2 aliphatic rings. The summed E-state index contributed by atoms with van der Waals surface area (Å²) in [6, 6.07) is 0.631. The van der Waals surface area contributed by atoms with Crippen molar-refractivity contribution in [3.8, 4) is 0 Å². The van der Waals surface area contributed by atoms with Gasteiger partial charge in [0.1, 0.15) is 0 Å². The number of hydrogen-bond donors (Lipinski definition) is 1. The van der Waals surface area contributed by atoms with Crippen molar-refractivity contribution < 1.29 is 13.2 Å². The van der Waals surface area contributed by atoms with Gasteiger partial charge in [0.25, 0.3) is 0 Å². The van der Waals surface area contributed by atoms with Crippen LogP contribution in [0.15, 0.2) is 12.4 Å². The second-order valence-corrected chi connectivity index (χ2v) is 5.85. The second-order valence-electron chi connectivity index (χ2n) is 5.85. The molecule has 0 bridgehead atoms. The first kappa shape index (κ1) is 14.6. The van der Waals surface area contributed by atoms with Gasteiger partial charge in [-0.25, -0.2) is 9.97 Å². The Morgan fingerprint density at radius 2 is 1.71 bits per heavy atom. The Balaban J connectivity index is 1.52. The van der Waals surface area contributed by atoms with E-state index in [1.807, 2.05) is 4.90 Å². The molecule has 1 saturated heterocycles. The number of alkyl halides is 3. The minimum Gasteiger partial charge on any atom is -0.341 e. The molecule has 7 heteroatoms. The molecule has 0 unspecified atom stereocenters. The lowest BCUT2D eigenvalue weighted by Gasteiger charge is -2.32. The molecule has 0 spiro atoms. The lowest BCUT2D eigenvalue weighted by molar-refractivity contribution is -0.179. The Morgan fingerprint density at radius 1 is 1.10 bits per heavy atom. The lowest BCUT2D eigenvalue weighted by Crippen LogP contribution is -2.39. The minimum atomic E-state index is -4.08. The van der Waals surface area contributed by atoms with Gasteiger partial charge in [-0.2, -0.15) is 13.2 Å². The van der Waals surface area contributed by atoms with Crippen LogP contribution in [0.5, 0.6) is 0 Å². The summed E-state index contributed by atoms with van der Waals surface area (Å²) in [5.74, 6) is -0.651. The van der Waals surface area contributed by atoms with E-state index < -0.39 is 12.1 Å². The third-order valence-electron chi connectivity index (χ3n) is 4.10. The standard InChI is InChI=1S/C14H19F3N4/c15-14(16,17)11-3-5-21(6-4-11)13-19-8-10(9-20-13)7-18-12-1-2-12/h8-9,11-12,18H,1-7H2. The fraction of sp³-hybridized carbons (Fsp3) is 0.714. The number of piperidine rings is 1. The van der Waals surface area contributed by atoms with Crippen LogP contribution < -0.4 is 10.2 Å².